The summed E-state index contributed by atoms with van der Waals surface area (Å²) in [6, 6.07) is 16.8. The summed E-state index contributed by atoms with van der Waals surface area (Å²) in [5.74, 6) is 1.57. The fraction of sp³-hybridized carbons (Fsp3) is 0.292. The molecule has 0 aliphatic carbocycles. The number of aromatic nitrogens is 1. The molecule has 29 heavy (non-hydrogen) atoms. The first-order valence-electron chi connectivity index (χ1n) is 10.0. The van der Waals surface area contributed by atoms with Gasteiger partial charge < -0.3 is 19.2 Å². The van der Waals surface area contributed by atoms with Gasteiger partial charge in [-0.05, 0) is 54.8 Å². The van der Waals surface area contributed by atoms with Crippen molar-refractivity contribution in [3.8, 4) is 17.1 Å². The van der Waals surface area contributed by atoms with Crippen molar-refractivity contribution in [2.24, 2.45) is 0 Å². The van der Waals surface area contributed by atoms with E-state index in [-0.39, 0.29) is 11.6 Å². The first-order valence-corrected chi connectivity index (χ1v) is 10.0. The van der Waals surface area contributed by atoms with Crippen molar-refractivity contribution in [3.63, 3.8) is 0 Å². The van der Waals surface area contributed by atoms with E-state index in [1.165, 1.54) is 12.0 Å². The molecule has 148 valence electrons. The molecule has 2 aromatic carbocycles. The highest BCUT2D eigenvalue weighted by Gasteiger charge is 2.44. The lowest BCUT2D eigenvalue weighted by Crippen LogP contribution is -2.47. The number of nitrogens with one attached hydrogen (secondary N) is 1. The zero-order valence-corrected chi connectivity index (χ0v) is 16.4. The summed E-state index contributed by atoms with van der Waals surface area (Å²) in [4.78, 5) is 4.03. The quantitative estimate of drug-likeness (QED) is 0.706. The van der Waals surface area contributed by atoms with E-state index in [1.54, 1.807) is 13.3 Å². The second-order valence-corrected chi connectivity index (χ2v) is 7.60. The first-order chi connectivity index (χ1) is 14.3. The molecule has 5 rings (SSSR count). The molecule has 0 saturated carbocycles. The number of oxazole rings is 1. The maximum atomic E-state index is 6.50. The van der Waals surface area contributed by atoms with E-state index in [0.717, 1.165) is 47.6 Å². The van der Waals surface area contributed by atoms with E-state index in [1.807, 2.05) is 12.1 Å². The maximum Gasteiger partial charge on any atom is 0.181 e. The summed E-state index contributed by atoms with van der Waals surface area (Å²) in [5.41, 5.74) is 4.07. The van der Waals surface area contributed by atoms with Crippen LogP contribution < -0.4 is 10.1 Å². The second kappa shape index (κ2) is 7.50. The van der Waals surface area contributed by atoms with Crippen LogP contribution in [-0.2, 0) is 4.74 Å². The molecule has 1 N–H and O–H groups in total. The van der Waals surface area contributed by atoms with Crippen molar-refractivity contribution in [1.82, 2.24) is 10.3 Å². The van der Waals surface area contributed by atoms with Crippen molar-refractivity contribution in [2.75, 3.05) is 20.3 Å². The molecule has 3 heterocycles. The maximum absolute atomic E-state index is 6.50. The van der Waals surface area contributed by atoms with Crippen LogP contribution in [0.25, 0.3) is 16.9 Å². The Hall–Kier alpha value is -2.89. The van der Waals surface area contributed by atoms with Gasteiger partial charge in [-0.3, -0.25) is 0 Å². The van der Waals surface area contributed by atoms with E-state index in [0.29, 0.717) is 6.61 Å². The number of hydrogen-bond donors (Lipinski definition) is 1. The fourth-order valence-corrected chi connectivity index (χ4v) is 4.50. The van der Waals surface area contributed by atoms with Crippen LogP contribution in [-0.4, -0.2) is 30.8 Å². The molecular formula is C24H24N2O3. The van der Waals surface area contributed by atoms with Crippen LogP contribution in [0.2, 0.25) is 0 Å². The van der Waals surface area contributed by atoms with Gasteiger partial charge in [-0.1, -0.05) is 30.3 Å². The van der Waals surface area contributed by atoms with Crippen LogP contribution in [0, 0.1) is 0 Å². The molecule has 0 amide bonds. The number of nitrogens with zero attached hydrogens (tertiary/aromatic N) is 1. The summed E-state index contributed by atoms with van der Waals surface area (Å²) in [6.45, 7) is 1.55. The molecule has 2 atom stereocenters. The lowest BCUT2D eigenvalue weighted by Gasteiger charge is -2.40. The topological polar surface area (TPSA) is 56.5 Å². The monoisotopic (exact) mass is 388 g/mol. The lowest BCUT2D eigenvalue weighted by molar-refractivity contribution is -0.0255. The van der Waals surface area contributed by atoms with E-state index in [4.69, 9.17) is 13.9 Å². The predicted molar refractivity (Wildman–Crippen MR) is 112 cm³/mol. The van der Waals surface area contributed by atoms with Crippen molar-refractivity contribution in [2.45, 2.75) is 24.5 Å². The molecule has 2 aliphatic rings. The number of hydrogen-bond acceptors (Lipinski definition) is 5. The highest BCUT2D eigenvalue weighted by molar-refractivity contribution is 5.77. The minimum atomic E-state index is -0.345. The van der Waals surface area contributed by atoms with Gasteiger partial charge in [0.25, 0.3) is 0 Å². The molecule has 0 bridgehead atoms. The SMILES string of the molecule is COc1ccc(-c2cnco2)cc1C1=CC2(CCCNC2c2ccccc2)OC1. The third kappa shape index (κ3) is 3.26. The molecule has 1 aromatic heterocycles. The Morgan fingerprint density at radius 2 is 2.07 bits per heavy atom. The molecule has 1 saturated heterocycles. The van der Waals surface area contributed by atoms with Gasteiger partial charge in [0.05, 0.1) is 26.0 Å². The summed E-state index contributed by atoms with van der Waals surface area (Å²) in [5, 5.41) is 3.68. The summed E-state index contributed by atoms with van der Waals surface area (Å²) in [6.07, 6.45) is 7.56. The van der Waals surface area contributed by atoms with Crippen LogP contribution >= 0.6 is 0 Å². The smallest absolute Gasteiger partial charge is 0.181 e. The van der Waals surface area contributed by atoms with Crippen LogP contribution in [0.3, 0.4) is 0 Å². The van der Waals surface area contributed by atoms with E-state index < -0.39 is 0 Å². The van der Waals surface area contributed by atoms with Crippen molar-refractivity contribution in [3.05, 3.63) is 78.3 Å². The normalized spacial score (nSPS) is 23.9. The van der Waals surface area contributed by atoms with Crippen molar-refractivity contribution < 1.29 is 13.9 Å². The molecule has 2 unspecified atom stereocenters. The third-order valence-electron chi connectivity index (χ3n) is 5.89. The molecule has 0 radical (unpaired) electrons. The largest absolute Gasteiger partial charge is 0.496 e. The first kappa shape index (κ1) is 18.2. The Morgan fingerprint density at radius 1 is 1.17 bits per heavy atom. The fourth-order valence-electron chi connectivity index (χ4n) is 4.50. The number of benzene rings is 2. The van der Waals surface area contributed by atoms with Gasteiger partial charge in [0.2, 0.25) is 0 Å². The minimum absolute atomic E-state index is 0.137. The summed E-state index contributed by atoms with van der Waals surface area (Å²) in [7, 11) is 1.70. The average Bonchev–Trinajstić information content (AvgIpc) is 3.45. The lowest BCUT2D eigenvalue weighted by atomic mass is 9.81. The van der Waals surface area contributed by atoms with Gasteiger partial charge in [-0.25, -0.2) is 4.98 Å². The Balaban J connectivity index is 1.55. The average molecular weight is 388 g/mol. The summed E-state index contributed by atoms with van der Waals surface area (Å²) >= 11 is 0. The molecule has 5 heteroatoms. The number of methoxy groups -OCH3 is 1. The van der Waals surface area contributed by atoms with E-state index >= 15 is 0 Å². The Kier molecular flexibility index (Phi) is 4.70. The van der Waals surface area contributed by atoms with Crippen LogP contribution in [0.1, 0.15) is 30.0 Å². The number of ether oxygens (including phenoxy) is 2. The summed E-state index contributed by atoms with van der Waals surface area (Å²) < 4.78 is 17.6. The highest BCUT2D eigenvalue weighted by Crippen LogP contribution is 2.45. The third-order valence-corrected chi connectivity index (χ3v) is 5.89. The van der Waals surface area contributed by atoms with Gasteiger partial charge in [-0.15, -0.1) is 0 Å². The zero-order valence-electron chi connectivity index (χ0n) is 16.4. The Morgan fingerprint density at radius 3 is 2.86 bits per heavy atom. The molecule has 1 spiro atoms. The minimum Gasteiger partial charge on any atom is -0.496 e. The Labute approximate surface area is 170 Å². The van der Waals surface area contributed by atoms with Gasteiger partial charge in [-0.2, -0.15) is 0 Å². The van der Waals surface area contributed by atoms with Gasteiger partial charge in [0.15, 0.2) is 12.2 Å². The number of piperidine rings is 1. The van der Waals surface area contributed by atoms with E-state index in [2.05, 4.69) is 52.8 Å². The van der Waals surface area contributed by atoms with Crippen LogP contribution in [0.15, 0.2) is 71.6 Å². The van der Waals surface area contributed by atoms with Crippen molar-refractivity contribution >= 4 is 5.57 Å². The van der Waals surface area contributed by atoms with Gasteiger partial charge >= 0.3 is 0 Å². The number of rotatable bonds is 4. The molecular weight excluding hydrogens is 364 g/mol. The molecule has 1 fully saturated rings. The van der Waals surface area contributed by atoms with Gasteiger partial charge in [0.1, 0.15) is 11.4 Å². The van der Waals surface area contributed by atoms with Gasteiger partial charge in [0, 0.05) is 11.1 Å². The molecule has 2 aliphatic heterocycles. The highest BCUT2D eigenvalue weighted by atomic mass is 16.5. The van der Waals surface area contributed by atoms with E-state index in [9.17, 15) is 0 Å². The predicted octanol–water partition coefficient (Wildman–Crippen LogP) is 4.63. The zero-order chi connectivity index (χ0) is 19.7. The molecule has 3 aromatic rings. The van der Waals surface area contributed by atoms with Crippen molar-refractivity contribution in [1.29, 1.82) is 0 Å². The second-order valence-electron chi connectivity index (χ2n) is 7.60. The standard InChI is InChI=1S/C24H24N2O3/c1-27-21-9-8-18(22-14-25-16-28-22)12-20(21)19-13-24(29-15-19)10-5-11-26-23(24)17-6-3-2-4-7-17/h2-4,6-9,12-14,16,23,26H,5,10-11,15H2,1H3. The van der Waals surface area contributed by atoms with Crippen LogP contribution in [0.5, 0.6) is 5.75 Å². The van der Waals surface area contributed by atoms with Crippen LogP contribution in [0.4, 0.5) is 0 Å². The Bertz CT molecular complexity index is 1010. The molecule has 5 nitrogen and oxygen atoms in total.